The van der Waals surface area contributed by atoms with Gasteiger partial charge in [0, 0.05) is 24.6 Å². The molecule has 1 aromatic carbocycles. The van der Waals surface area contributed by atoms with Crippen molar-refractivity contribution in [1.29, 1.82) is 0 Å². The molecule has 2 N–H and O–H groups in total. The van der Waals surface area contributed by atoms with Crippen LogP contribution >= 0.6 is 0 Å². The highest BCUT2D eigenvalue weighted by atomic mass is 16.6. The van der Waals surface area contributed by atoms with E-state index in [2.05, 4.69) is 15.8 Å². The van der Waals surface area contributed by atoms with E-state index in [0.29, 0.717) is 24.2 Å². The third kappa shape index (κ3) is 2.04. The molecule has 3 rings (SSSR count). The predicted molar refractivity (Wildman–Crippen MR) is 96.8 cm³/mol. The summed E-state index contributed by atoms with van der Waals surface area (Å²) < 4.78 is 0. The number of nitro benzene ring substituents is 1. The number of benzene rings is 1. The Labute approximate surface area is 151 Å². The van der Waals surface area contributed by atoms with Gasteiger partial charge < -0.3 is 5.32 Å². The zero-order valence-corrected chi connectivity index (χ0v) is 15.3. The summed E-state index contributed by atoms with van der Waals surface area (Å²) in [6, 6.07) is 5.79. The standard InChI is InChI=1S/C18H22N4O4/c1-16(2)17(3)9-10-18(16,15(24)19-4)14(23)13(17)21-20-11-5-7-12(8-6-11)22(25)26/h5-8,20H,9-10H2,1-4H3,(H,19,24). The molecule has 0 spiro atoms. The zero-order valence-electron chi connectivity index (χ0n) is 15.3. The van der Waals surface area contributed by atoms with E-state index in [9.17, 15) is 19.7 Å². The van der Waals surface area contributed by atoms with Crippen LogP contribution in [0.4, 0.5) is 11.4 Å². The van der Waals surface area contributed by atoms with Gasteiger partial charge in [-0.1, -0.05) is 20.8 Å². The van der Waals surface area contributed by atoms with E-state index >= 15 is 0 Å². The van der Waals surface area contributed by atoms with Crippen LogP contribution in [0, 0.1) is 26.4 Å². The number of Topliss-reactive ketones (excluding diaryl/α,β-unsaturated/α-hetero) is 1. The van der Waals surface area contributed by atoms with Gasteiger partial charge in [0.2, 0.25) is 5.91 Å². The Balaban J connectivity index is 1.96. The van der Waals surface area contributed by atoms with Crippen molar-refractivity contribution in [2.75, 3.05) is 12.5 Å². The number of non-ortho nitro benzene ring substituents is 1. The van der Waals surface area contributed by atoms with Gasteiger partial charge in [-0.2, -0.15) is 5.10 Å². The van der Waals surface area contributed by atoms with Crippen LogP contribution in [-0.4, -0.2) is 29.4 Å². The van der Waals surface area contributed by atoms with Crippen molar-refractivity contribution in [3.05, 3.63) is 34.4 Å². The maximum Gasteiger partial charge on any atom is 0.269 e. The molecule has 0 aromatic heterocycles. The van der Waals surface area contributed by atoms with Crippen molar-refractivity contribution in [1.82, 2.24) is 5.32 Å². The molecule has 0 radical (unpaired) electrons. The average Bonchev–Trinajstić information content (AvgIpc) is 2.88. The normalized spacial score (nSPS) is 30.5. The van der Waals surface area contributed by atoms with Crippen molar-refractivity contribution in [3.63, 3.8) is 0 Å². The van der Waals surface area contributed by atoms with E-state index in [1.165, 1.54) is 24.3 Å². The van der Waals surface area contributed by atoms with Gasteiger partial charge >= 0.3 is 0 Å². The van der Waals surface area contributed by atoms with Gasteiger partial charge in [0.1, 0.15) is 11.1 Å². The summed E-state index contributed by atoms with van der Waals surface area (Å²) in [6.07, 6.45) is 1.20. The number of nitro groups is 1. The first-order chi connectivity index (χ1) is 12.1. The minimum absolute atomic E-state index is 0.0223. The lowest BCUT2D eigenvalue weighted by molar-refractivity contribution is -0.384. The minimum Gasteiger partial charge on any atom is -0.358 e. The number of nitrogens with zero attached hydrogens (tertiary/aromatic N) is 2. The molecular formula is C18H22N4O4. The lowest BCUT2D eigenvalue weighted by atomic mass is 9.64. The van der Waals surface area contributed by atoms with Gasteiger partial charge in [0.05, 0.1) is 10.6 Å². The van der Waals surface area contributed by atoms with Gasteiger partial charge in [-0.15, -0.1) is 0 Å². The molecule has 8 nitrogen and oxygen atoms in total. The first kappa shape index (κ1) is 18.0. The fourth-order valence-corrected chi connectivity index (χ4v) is 4.46. The summed E-state index contributed by atoms with van der Waals surface area (Å²) in [7, 11) is 1.54. The van der Waals surface area contributed by atoms with Crippen molar-refractivity contribution >= 4 is 28.8 Å². The lowest BCUT2D eigenvalue weighted by Gasteiger charge is -2.37. The Morgan fingerprint density at radius 1 is 1.19 bits per heavy atom. The number of hydrogen-bond donors (Lipinski definition) is 2. The second-order valence-electron chi connectivity index (χ2n) is 7.65. The van der Waals surface area contributed by atoms with Crippen LogP contribution in [0.1, 0.15) is 33.6 Å². The van der Waals surface area contributed by atoms with Crippen molar-refractivity contribution in [2.24, 2.45) is 21.3 Å². The molecule has 2 unspecified atom stereocenters. The molecule has 1 aromatic rings. The Kier molecular flexibility index (Phi) is 3.90. The minimum atomic E-state index is -1.10. The first-order valence-corrected chi connectivity index (χ1v) is 8.47. The SMILES string of the molecule is CNC(=O)C12CCC(C)(C(=NNc3ccc([N+](=O)[O-])cc3)C1=O)C2(C)C. The molecular weight excluding hydrogens is 336 g/mol. The van der Waals surface area contributed by atoms with Crippen LogP contribution in [0.3, 0.4) is 0 Å². The molecule has 26 heavy (non-hydrogen) atoms. The number of hydrazone groups is 1. The molecule has 138 valence electrons. The van der Waals surface area contributed by atoms with Crippen molar-refractivity contribution in [2.45, 2.75) is 33.6 Å². The summed E-state index contributed by atoms with van der Waals surface area (Å²) in [6.45, 7) is 5.86. The van der Waals surface area contributed by atoms with E-state index < -0.39 is 21.2 Å². The largest absolute Gasteiger partial charge is 0.358 e. The van der Waals surface area contributed by atoms with E-state index in [1.54, 1.807) is 7.05 Å². The molecule has 2 atom stereocenters. The fraction of sp³-hybridized carbons (Fsp3) is 0.500. The third-order valence-corrected chi connectivity index (χ3v) is 6.56. The van der Waals surface area contributed by atoms with Crippen LogP contribution in [0.2, 0.25) is 0 Å². The molecule has 0 aliphatic heterocycles. The van der Waals surface area contributed by atoms with Crippen LogP contribution in [0.5, 0.6) is 0 Å². The number of amides is 1. The summed E-state index contributed by atoms with van der Waals surface area (Å²) >= 11 is 0. The quantitative estimate of drug-likeness (QED) is 0.488. The zero-order chi connectivity index (χ0) is 19.3. The van der Waals surface area contributed by atoms with Gasteiger partial charge in [-0.25, -0.2) is 0 Å². The topological polar surface area (TPSA) is 114 Å². The number of carbonyl (C=O) groups excluding carboxylic acids is 2. The molecule has 2 aliphatic carbocycles. The number of rotatable bonds is 4. The molecule has 0 saturated heterocycles. The number of hydrogen-bond acceptors (Lipinski definition) is 6. The lowest BCUT2D eigenvalue weighted by Crippen LogP contribution is -2.49. The van der Waals surface area contributed by atoms with Crippen molar-refractivity contribution < 1.29 is 14.5 Å². The summed E-state index contributed by atoms with van der Waals surface area (Å²) in [5.41, 5.74) is 1.50. The first-order valence-electron chi connectivity index (χ1n) is 8.47. The Morgan fingerprint density at radius 2 is 1.81 bits per heavy atom. The van der Waals surface area contributed by atoms with E-state index in [0.717, 1.165) is 0 Å². The highest BCUT2D eigenvalue weighted by Gasteiger charge is 2.76. The van der Waals surface area contributed by atoms with Gasteiger partial charge in [0.25, 0.3) is 5.69 Å². The predicted octanol–water partition coefficient (Wildman–Crippen LogP) is 2.50. The van der Waals surface area contributed by atoms with E-state index in [-0.39, 0.29) is 17.4 Å². The Bertz CT molecular complexity index is 830. The number of fused-ring (bicyclic) bond motifs is 2. The Morgan fingerprint density at radius 3 is 2.35 bits per heavy atom. The van der Waals surface area contributed by atoms with Crippen LogP contribution < -0.4 is 10.7 Å². The number of anilines is 1. The number of nitrogens with one attached hydrogen (secondary N) is 2. The second-order valence-corrected chi connectivity index (χ2v) is 7.65. The summed E-state index contributed by atoms with van der Waals surface area (Å²) in [5, 5.41) is 17.7. The molecule has 2 fully saturated rings. The second kappa shape index (κ2) is 5.62. The van der Waals surface area contributed by atoms with Crippen LogP contribution in [0.25, 0.3) is 0 Å². The summed E-state index contributed by atoms with van der Waals surface area (Å²) in [4.78, 5) is 36.0. The monoisotopic (exact) mass is 358 g/mol. The summed E-state index contributed by atoms with van der Waals surface area (Å²) in [5.74, 6) is -0.512. The smallest absolute Gasteiger partial charge is 0.269 e. The molecule has 0 heterocycles. The molecule has 2 aliphatic rings. The number of ketones is 1. The molecule has 8 heteroatoms. The van der Waals surface area contributed by atoms with Crippen LogP contribution in [-0.2, 0) is 9.59 Å². The van der Waals surface area contributed by atoms with Crippen LogP contribution in [0.15, 0.2) is 29.4 Å². The highest BCUT2D eigenvalue weighted by molar-refractivity contribution is 6.50. The molecule has 2 saturated carbocycles. The van der Waals surface area contributed by atoms with Gasteiger partial charge in [-0.3, -0.25) is 25.1 Å². The fourth-order valence-electron chi connectivity index (χ4n) is 4.46. The average molecular weight is 358 g/mol. The third-order valence-electron chi connectivity index (χ3n) is 6.56. The molecule has 2 bridgehead atoms. The van der Waals surface area contributed by atoms with E-state index in [4.69, 9.17) is 0 Å². The number of carbonyl (C=O) groups is 2. The maximum atomic E-state index is 13.2. The maximum absolute atomic E-state index is 13.2. The van der Waals surface area contributed by atoms with E-state index in [1.807, 2.05) is 20.8 Å². The Hall–Kier alpha value is -2.77. The van der Waals surface area contributed by atoms with Crippen molar-refractivity contribution in [3.8, 4) is 0 Å². The van der Waals surface area contributed by atoms with Gasteiger partial charge in [0.15, 0.2) is 5.78 Å². The highest BCUT2D eigenvalue weighted by Crippen LogP contribution is 2.69. The molecule has 1 amide bonds. The van der Waals surface area contributed by atoms with Gasteiger partial charge in [-0.05, 0) is 30.4 Å².